The van der Waals surface area contributed by atoms with Crippen LogP contribution in [0, 0.1) is 6.92 Å². The fourth-order valence-electron chi connectivity index (χ4n) is 2.04. The fraction of sp³-hybridized carbons (Fsp3) is 0.600. The Labute approximate surface area is 111 Å². The third-order valence-electron chi connectivity index (χ3n) is 3.07. The highest BCUT2D eigenvalue weighted by Gasteiger charge is 2.45. The highest BCUT2D eigenvalue weighted by molar-refractivity contribution is 5.04. The van der Waals surface area contributed by atoms with Crippen LogP contribution in [0.25, 0.3) is 10.4 Å². The number of nitrogens with zero attached hydrogens (tertiary/aromatic N) is 4. The zero-order valence-corrected chi connectivity index (χ0v) is 10.4. The second-order valence-electron chi connectivity index (χ2n) is 4.37. The van der Waals surface area contributed by atoms with Crippen molar-refractivity contribution in [3.8, 4) is 0 Å². The molecule has 0 bridgehead atoms. The zero-order chi connectivity index (χ0) is 14.9. The van der Waals surface area contributed by atoms with E-state index in [1.807, 2.05) is 4.98 Å². The molecule has 0 aliphatic carbocycles. The van der Waals surface area contributed by atoms with E-state index < -0.39 is 42.4 Å². The number of H-pyrrole nitrogens is 1. The fourth-order valence-corrected chi connectivity index (χ4v) is 2.04. The van der Waals surface area contributed by atoms with E-state index in [0.717, 1.165) is 4.57 Å². The van der Waals surface area contributed by atoms with Gasteiger partial charge in [0, 0.05) is 16.7 Å². The second kappa shape index (κ2) is 5.45. The molecule has 10 heteroatoms. The van der Waals surface area contributed by atoms with Gasteiger partial charge in [-0.2, -0.15) is 0 Å². The second-order valence-corrected chi connectivity index (χ2v) is 4.37. The van der Waals surface area contributed by atoms with E-state index in [-0.39, 0.29) is 5.56 Å². The maximum atomic E-state index is 13.9. The van der Waals surface area contributed by atoms with Crippen molar-refractivity contribution in [3.63, 3.8) is 0 Å². The lowest BCUT2D eigenvalue weighted by Gasteiger charge is -2.17. The van der Waals surface area contributed by atoms with Gasteiger partial charge in [-0.05, 0) is 12.5 Å². The van der Waals surface area contributed by atoms with Crippen molar-refractivity contribution >= 4 is 0 Å². The van der Waals surface area contributed by atoms with E-state index in [1.165, 1.54) is 13.1 Å². The van der Waals surface area contributed by atoms with Crippen molar-refractivity contribution in [2.24, 2.45) is 5.11 Å². The van der Waals surface area contributed by atoms with Crippen LogP contribution in [0.4, 0.5) is 4.39 Å². The number of halogens is 1. The van der Waals surface area contributed by atoms with Gasteiger partial charge in [0.15, 0.2) is 0 Å². The molecular formula is C10H12FN5O4. The molecular weight excluding hydrogens is 273 g/mol. The normalized spacial score (nSPS) is 29.1. The number of ether oxygens (including phenoxy) is 1. The highest BCUT2D eigenvalue weighted by Crippen LogP contribution is 2.32. The summed E-state index contributed by atoms with van der Waals surface area (Å²) < 4.78 is 20.1. The number of aliphatic hydroxyl groups excluding tert-OH is 1. The molecule has 1 fully saturated rings. The largest absolute Gasteiger partial charge is 0.394 e. The van der Waals surface area contributed by atoms with Gasteiger partial charge < -0.3 is 9.84 Å². The smallest absolute Gasteiger partial charge is 0.330 e. The van der Waals surface area contributed by atoms with E-state index in [1.54, 1.807) is 0 Å². The van der Waals surface area contributed by atoms with Crippen molar-refractivity contribution in [2.45, 2.75) is 31.5 Å². The molecule has 1 saturated heterocycles. The molecule has 1 aromatic rings. The van der Waals surface area contributed by atoms with Crippen molar-refractivity contribution in [2.75, 3.05) is 6.61 Å². The first-order valence-corrected chi connectivity index (χ1v) is 5.76. The first kappa shape index (κ1) is 14.3. The van der Waals surface area contributed by atoms with Crippen LogP contribution >= 0.6 is 0 Å². The third-order valence-corrected chi connectivity index (χ3v) is 3.07. The Bertz CT molecular complexity index is 664. The van der Waals surface area contributed by atoms with Gasteiger partial charge in [-0.3, -0.25) is 14.3 Å². The molecule has 1 aromatic heterocycles. The van der Waals surface area contributed by atoms with Crippen LogP contribution in [0.15, 0.2) is 20.9 Å². The van der Waals surface area contributed by atoms with Gasteiger partial charge in [0.1, 0.15) is 24.5 Å². The van der Waals surface area contributed by atoms with E-state index in [2.05, 4.69) is 10.0 Å². The molecule has 2 heterocycles. The van der Waals surface area contributed by atoms with Crippen molar-refractivity contribution in [1.82, 2.24) is 9.55 Å². The molecule has 108 valence electrons. The quantitative estimate of drug-likeness (QED) is 0.450. The summed E-state index contributed by atoms with van der Waals surface area (Å²) in [5, 5.41) is 12.3. The van der Waals surface area contributed by atoms with Crippen LogP contribution in [0.2, 0.25) is 0 Å². The summed E-state index contributed by atoms with van der Waals surface area (Å²) in [6.45, 7) is 0.842. The van der Waals surface area contributed by atoms with E-state index in [0.29, 0.717) is 0 Å². The molecule has 0 unspecified atom stereocenters. The van der Waals surface area contributed by atoms with Gasteiger partial charge >= 0.3 is 5.69 Å². The molecule has 0 amide bonds. The molecule has 20 heavy (non-hydrogen) atoms. The summed E-state index contributed by atoms with van der Waals surface area (Å²) in [6, 6.07) is -1.31. The third kappa shape index (κ3) is 2.31. The lowest BCUT2D eigenvalue weighted by molar-refractivity contribution is -0.0372. The van der Waals surface area contributed by atoms with Crippen molar-refractivity contribution < 1.29 is 14.2 Å². The van der Waals surface area contributed by atoms with Gasteiger partial charge in [-0.15, -0.1) is 0 Å². The zero-order valence-electron chi connectivity index (χ0n) is 10.4. The monoisotopic (exact) mass is 285 g/mol. The Morgan fingerprint density at radius 2 is 2.35 bits per heavy atom. The maximum Gasteiger partial charge on any atom is 0.330 e. The molecule has 0 aromatic carbocycles. The number of alkyl halides is 1. The average Bonchev–Trinajstić information content (AvgIpc) is 2.72. The van der Waals surface area contributed by atoms with Crippen LogP contribution in [0.5, 0.6) is 0 Å². The Hall–Kier alpha value is -2.16. The van der Waals surface area contributed by atoms with Gasteiger partial charge in [-0.25, -0.2) is 9.18 Å². The standard InChI is InChI=1S/C10H12FN5O4/c1-4-2-16(10(19)13-8(4)18)9-7(14-15-12)6(11)5(3-17)20-9/h2,5-7,9,17H,3H2,1H3,(H,13,18,19)/t5-,6-,7-,9+/m1/s1. The number of aromatic nitrogens is 2. The number of hydrogen-bond donors (Lipinski definition) is 2. The van der Waals surface area contributed by atoms with E-state index in [4.69, 9.17) is 15.4 Å². The van der Waals surface area contributed by atoms with Crippen LogP contribution in [0.1, 0.15) is 11.8 Å². The number of azide groups is 1. The molecule has 2 rings (SSSR count). The van der Waals surface area contributed by atoms with Crippen LogP contribution < -0.4 is 11.2 Å². The summed E-state index contributed by atoms with van der Waals surface area (Å²) >= 11 is 0. The van der Waals surface area contributed by atoms with Crippen LogP contribution in [-0.4, -0.2) is 39.6 Å². The van der Waals surface area contributed by atoms with Gasteiger partial charge in [0.2, 0.25) is 0 Å². The minimum absolute atomic E-state index is 0.218. The Balaban J connectivity index is 2.50. The number of hydrogen-bond acceptors (Lipinski definition) is 5. The summed E-state index contributed by atoms with van der Waals surface area (Å²) in [5.41, 5.74) is 7.30. The summed E-state index contributed by atoms with van der Waals surface area (Å²) in [5.74, 6) is 0. The summed E-state index contributed by atoms with van der Waals surface area (Å²) in [6.07, 6.45) is -2.98. The summed E-state index contributed by atoms with van der Waals surface area (Å²) in [7, 11) is 0. The predicted octanol–water partition coefficient (Wildman–Crippen LogP) is -0.248. The number of aryl methyl sites for hydroxylation is 1. The molecule has 1 aliphatic rings. The minimum Gasteiger partial charge on any atom is -0.394 e. The lowest BCUT2D eigenvalue weighted by Crippen LogP contribution is -2.37. The number of aromatic amines is 1. The Morgan fingerprint density at radius 3 is 2.95 bits per heavy atom. The molecule has 0 saturated carbocycles. The molecule has 0 spiro atoms. The molecule has 0 radical (unpaired) electrons. The molecule has 9 nitrogen and oxygen atoms in total. The molecule has 2 N–H and O–H groups in total. The summed E-state index contributed by atoms with van der Waals surface area (Å²) in [4.78, 5) is 27.6. The highest BCUT2D eigenvalue weighted by atomic mass is 19.1. The average molecular weight is 285 g/mol. The van der Waals surface area contributed by atoms with Gasteiger partial charge in [0.05, 0.1) is 6.61 Å². The lowest BCUT2D eigenvalue weighted by atomic mass is 10.1. The van der Waals surface area contributed by atoms with Crippen LogP contribution in [0.3, 0.4) is 0 Å². The first-order chi connectivity index (χ1) is 9.49. The van der Waals surface area contributed by atoms with Crippen molar-refractivity contribution in [3.05, 3.63) is 43.0 Å². The topological polar surface area (TPSA) is 133 Å². The SMILES string of the molecule is Cc1cn([C@H]2O[C@H](CO)[C@@H](F)[C@H]2N=[N+]=[N-])c(=O)[nH]c1=O. The minimum atomic E-state index is -1.75. The number of nitrogens with one attached hydrogen (secondary N) is 1. The van der Waals surface area contributed by atoms with Crippen molar-refractivity contribution in [1.29, 1.82) is 0 Å². The Morgan fingerprint density at radius 1 is 1.65 bits per heavy atom. The maximum absolute atomic E-state index is 13.9. The predicted molar refractivity (Wildman–Crippen MR) is 64.9 cm³/mol. The number of rotatable bonds is 3. The Kier molecular flexibility index (Phi) is 3.89. The molecule has 4 atom stereocenters. The van der Waals surface area contributed by atoms with Gasteiger partial charge in [-0.1, -0.05) is 5.11 Å². The van der Waals surface area contributed by atoms with E-state index >= 15 is 0 Å². The number of aliphatic hydroxyl groups is 1. The van der Waals surface area contributed by atoms with Crippen LogP contribution in [-0.2, 0) is 4.74 Å². The van der Waals surface area contributed by atoms with Gasteiger partial charge in [0.25, 0.3) is 5.56 Å². The van der Waals surface area contributed by atoms with E-state index in [9.17, 15) is 14.0 Å². The molecule has 1 aliphatic heterocycles. The first-order valence-electron chi connectivity index (χ1n) is 5.76.